The van der Waals surface area contributed by atoms with E-state index in [4.69, 9.17) is 17.3 Å². The van der Waals surface area contributed by atoms with Gasteiger partial charge in [-0.3, -0.25) is 0 Å². The molecule has 0 radical (unpaired) electrons. The van der Waals surface area contributed by atoms with Gasteiger partial charge in [-0.25, -0.2) is 8.42 Å². The van der Waals surface area contributed by atoms with Crippen molar-refractivity contribution < 1.29 is 21.6 Å². The monoisotopic (exact) mass is 330 g/mol. The zero-order valence-corrected chi connectivity index (χ0v) is 12.2. The van der Waals surface area contributed by atoms with Crippen LogP contribution in [0.5, 0.6) is 0 Å². The number of hydrogen-bond acceptors (Lipinski definition) is 3. The second-order valence-electron chi connectivity index (χ2n) is 4.02. The predicted octanol–water partition coefficient (Wildman–Crippen LogP) is 2.37. The number of halogens is 4. The number of nitrogens with zero attached hydrogens (tertiary/aromatic N) is 1. The molecule has 0 aliphatic rings. The van der Waals surface area contributed by atoms with E-state index in [1.165, 1.54) is 25.1 Å². The van der Waals surface area contributed by atoms with Crippen molar-refractivity contribution in [3.63, 3.8) is 0 Å². The minimum Gasteiger partial charge on any atom is -0.326 e. The molecule has 0 atom stereocenters. The lowest BCUT2D eigenvalue weighted by Crippen LogP contribution is -2.38. The summed E-state index contributed by atoms with van der Waals surface area (Å²) in [5, 5.41) is -0.136. The van der Waals surface area contributed by atoms with E-state index >= 15 is 0 Å². The van der Waals surface area contributed by atoms with Crippen molar-refractivity contribution in [2.24, 2.45) is 5.73 Å². The van der Waals surface area contributed by atoms with Crippen molar-refractivity contribution in [2.45, 2.75) is 24.5 Å². The molecule has 0 aliphatic heterocycles. The summed E-state index contributed by atoms with van der Waals surface area (Å²) < 4.78 is 62.1. The molecule has 1 aromatic rings. The van der Waals surface area contributed by atoms with Crippen LogP contribution in [-0.4, -0.2) is 32.0 Å². The van der Waals surface area contributed by atoms with Gasteiger partial charge in [0.05, 0.1) is 5.02 Å². The summed E-state index contributed by atoms with van der Waals surface area (Å²) in [6, 6.07) is 4.01. The van der Waals surface area contributed by atoms with Crippen LogP contribution in [0.3, 0.4) is 0 Å². The Bertz CT molecular complexity index is 576. The molecular formula is C11H14ClF3N2O2S. The van der Waals surface area contributed by atoms with Crippen molar-refractivity contribution >= 4 is 21.6 Å². The third-order valence-electron chi connectivity index (χ3n) is 2.56. The first-order valence-corrected chi connectivity index (χ1v) is 7.49. The zero-order chi connectivity index (χ0) is 15.6. The van der Waals surface area contributed by atoms with Crippen molar-refractivity contribution in [3.8, 4) is 0 Å². The molecule has 0 saturated heterocycles. The van der Waals surface area contributed by atoms with Crippen LogP contribution >= 0.6 is 11.6 Å². The summed E-state index contributed by atoms with van der Waals surface area (Å²) in [6.07, 6.45) is -4.62. The normalized spacial score (nSPS) is 12.9. The smallest absolute Gasteiger partial charge is 0.326 e. The van der Waals surface area contributed by atoms with Gasteiger partial charge in [-0.2, -0.15) is 17.5 Å². The number of alkyl halides is 3. The highest BCUT2D eigenvalue weighted by Crippen LogP contribution is 2.28. The van der Waals surface area contributed by atoms with Gasteiger partial charge >= 0.3 is 6.18 Å². The molecule has 114 valence electrons. The van der Waals surface area contributed by atoms with E-state index in [0.717, 1.165) is 0 Å². The number of nitrogens with two attached hydrogens (primary N) is 1. The van der Waals surface area contributed by atoms with Gasteiger partial charge in [0.2, 0.25) is 10.0 Å². The van der Waals surface area contributed by atoms with Crippen molar-refractivity contribution in [3.05, 3.63) is 28.8 Å². The fourth-order valence-electron chi connectivity index (χ4n) is 1.58. The topological polar surface area (TPSA) is 63.4 Å². The van der Waals surface area contributed by atoms with Gasteiger partial charge in [0, 0.05) is 13.1 Å². The SMILES string of the molecule is CCN(CC(F)(F)F)S(=O)(=O)c1cc(CN)ccc1Cl. The molecule has 0 saturated carbocycles. The molecule has 0 aromatic heterocycles. The average Bonchev–Trinajstić information content (AvgIpc) is 2.35. The maximum absolute atomic E-state index is 12.4. The van der Waals surface area contributed by atoms with E-state index in [2.05, 4.69) is 0 Å². The number of hydrogen-bond donors (Lipinski definition) is 1. The third kappa shape index (κ3) is 4.08. The van der Waals surface area contributed by atoms with Crippen LogP contribution < -0.4 is 5.73 Å². The molecular weight excluding hydrogens is 317 g/mol. The number of rotatable bonds is 5. The first-order valence-electron chi connectivity index (χ1n) is 5.67. The highest BCUT2D eigenvalue weighted by atomic mass is 35.5. The van der Waals surface area contributed by atoms with Gasteiger partial charge < -0.3 is 5.73 Å². The van der Waals surface area contributed by atoms with E-state index in [1.54, 1.807) is 0 Å². The lowest BCUT2D eigenvalue weighted by Gasteiger charge is -2.22. The Labute approximate surface area is 120 Å². The second-order valence-corrected chi connectivity index (χ2v) is 6.33. The predicted molar refractivity (Wildman–Crippen MR) is 69.8 cm³/mol. The highest BCUT2D eigenvalue weighted by Gasteiger charge is 2.36. The molecule has 0 heterocycles. The summed E-state index contributed by atoms with van der Waals surface area (Å²) in [7, 11) is -4.32. The van der Waals surface area contributed by atoms with E-state index in [1.807, 2.05) is 0 Å². The maximum Gasteiger partial charge on any atom is 0.402 e. The summed E-state index contributed by atoms with van der Waals surface area (Å²) in [4.78, 5) is -0.367. The Morgan fingerprint density at radius 1 is 1.35 bits per heavy atom. The van der Waals surface area contributed by atoms with Crippen molar-refractivity contribution in [1.82, 2.24) is 4.31 Å². The summed E-state index contributed by atoms with van der Waals surface area (Å²) in [5.74, 6) is 0. The Morgan fingerprint density at radius 3 is 2.40 bits per heavy atom. The quantitative estimate of drug-likeness (QED) is 0.901. The van der Waals surface area contributed by atoms with E-state index < -0.39 is 22.7 Å². The number of benzene rings is 1. The minimum absolute atomic E-state index is 0.0606. The summed E-state index contributed by atoms with van der Waals surface area (Å²) >= 11 is 5.78. The van der Waals surface area contributed by atoms with Gasteiger partial charge in [0.1, 0.15) is 11.4 Å². The number of sulfonamides is 1. The van der Waals surface area contributed by atoms with E-state index in [9.17, 15) is 21.6 Å². The van der Waals surface area contributed by atoms with Crippen LogP contribution in [0.25, 0.3) is 0 Å². The molecule has 0 fully saturated rings. The fraction of sp³-hybridized carbons (Fsp3) is 0.455. The largest absolute Gasteiger partial charge is 0.402 e. The van der Waals surface area contributed by atoms with Crippen LogP contribution in [0.4, 0.5) is 13.2 Å². The summed E-state index contributed by atoms with van der Waals surface area (Å²) in [5.41, 5.74) is 5.86. The lowest BCUT2D eigenvalue weighted by molar-refractivity contribution is -0.135. The van der Waals surface area contributed by atoms with Gasteiger partial charge in [0.15, 0.2) is 0 Å². The van der Waals surface area contributed by atoms with Crippen LogP contribution in [0.2, 0.25) is 5.02 Å². The Kier molecular flexibility index (Phi) is 5.42. The second kappa shape index (κ2) is 6.30. The van der Waals surface area contributed by atoms with Gasteiger partial charge in [-0.05, 0) is 17.7 Å². The first-order chi connectivity index (χ1) is 9.11. The van der Waals surface area contributed by atoms with Crippen molar-refractivity contribution in [2.75, 3.05) is 13.1 Å². The van der Waals surface area contributed by atoms with Crippen LogP contribution in [-0.2, 0) is 16.6 Å². The standard InChI is InChI=1S/C11H14ClF3N2O2S/c1-2-17(7-11(13,14)15)20(18,19)10-5-8(6-16)3-4-9(10)12/h3-5H,2,6-7,16H2,1H3. The minimum atomic E-state index is -4.62. The molecule has 9 heteroatoms. The van der Waals surface area contributed by atoms with Crippen LogP contribution in [0.15, 0.2) is 23.1 Å². The Morgan fingerprint density at radius 2 is 1.95 bits per heavy atom. The molecule has 0 aliphatic carbocycles. The lowest BCUT2D eigenvalue weighted by atomic mass is 10.2. The van der Waals surface area contributed by atoms with E-state index in [-0.39, 0.29) is 23.0 Å². The molecule has 0 amide bonds. The molecule has 0 bridgehead atoms. The Hall–Kier alpha value is -0.830. The third-order valence-corrected chi connectivity index (χ3v) is 4.96. The van der Waals surface area contributed by atoms with Gasteiger partial charge in [-0.15, -0.1) is 0 Å². The molecule has 20 heavy (non-hydrogen) atoms. The molecule has 1 rings (SSSR count). The summed E-state index contributed by atoms with van der Waals surface area (Å²) in [6.45, 7) is -0.491. The molecule has 4 nitrogen and oxygen atoms in total. The van der Waals surface area contributed by atoms with Crippen LogP contribution in [0, 0.1) is 0 Å². The molecule has 1 aromatic carbocycles. The van der Waals surface area contributed by atoms with Crippen molar-refractivity contribution in [1.29, 1.82) is 0 Å². The molecule has 2 N–H and O–H groups in total. The molecule has 0 unspecified atom stereocenters. The average molecular weight is 331 g/mol. The Balaban J connectivity index is 3.27. The highest BCUT2D eigenvalue weighted by molar-refractivity contribution is 7.89. The first kappa shape index (κ1) is 17.2. The fourth-order valence-corrected chi connectivity index (χ4v) is 3.54. The van der Waals surface area contributed by atoms with E-state index in [0.29, 0.717) is 9.87 Å². The molecule has 0 spiro atoms. The zero-order valence-electron chi connectivity index (χ0n) is 10.6. The maximum atomic E-state index is 12.4. The van der Waals surface area contributed by atoms with Gasteiger partial charge in [0.25, 0.3) is 0 Å². The van der Waals surface area contributed by atoms with Crippen LogP contribution in [0.1, 0.15) is 12.5 Å². The van der Waals surface area contributed by atoms with Gasteiger partial charge in [-0.1, -0.05) is 24.6 Å².